The van der Waals surface area contributed by atoms with Gasteiger partial charge < -0.3 is 19.4 Å². The molecule has 2 N–H and O–H groups in total. The van der Waals surface area contributed by atoms with E-state index in [1.807, 2.05) is 0 Å². The number of aromatic carboxylic acids is 1. The lowest BCUT2D eigenvalue weighted by molar-refractivity contribution is 0.0657. The molecule has 1 fully saturated rings. The summed E-state index contributed by atoms with van der Waals surface area (Å²) in [5, 5.41) is 9.04. The number of hydrogen-bond donors (Lipinski definition) is 2. The molecule has 1 aliphatic rings. The van der Waals surface area contributed by atoms with E-state index in [0.717, 1.165) is 12.8 Å². The summed E-state index contributed by atoms with van der Waals surface area (Å²) in [6.07, 6.45) is 4.59. The Hall–Kier alpha value is -2.57. The molecule has 104 valence electrons. The van der Waals surface area contributed by atoms with Gasteiger partial charge in [0, 0.05) is 6.04 Å². The molecule has 0 bridgehead atoms. The molecule has 0 saturated heterocycles. The quantitative estimate of drug-likeness (QED) is 0.861. The van der Waals surface area contributed by atoms with Gasteiger partial charge in [0.25, 0.3) is 5.91 Å². The first-order valence-corrected chi connectivity index (χ1v) is 6.27. The zero-order valence-corrected chi connectivity index (χ0v) is 10.6. The van der Waals surface area contributed by atoms with E-state index in [4.69, 9.17) is 9.52 Å². The third-order valence-corrected chi connectivity index (χ3v) is 3.21. The monoisotopic (exact) mass is 275 g/mol. The third-order valence-electron chi connectivity index (χ3n) is 3.21. The fourth-order valence-electron chi connectivity index (χ4n) is 2.08. The number of amides is 1. The molecule has 1 saturated carbocycles. The number of nitrogens with one attached hydrogen (secondary N) is 1. The number of rotatable bonds is 5. The molecule has 1 aliphatic carbocycles. The number of carbonyl (C=O) groups is 2. The second kappa shape index (κ2) is 4.84. The van der Waals surface area contributed by atoms with Crippen molar-refractivity contribution in [3.05, 3.63) is 41.9 Å². The number of furan rings is 1. The first-order chi connectivity index (χ1) is 9.66. The SMILES string of the molecule is O=C(O)c1[nH]cnc1C(=O)N(Cc1ccco1)C1CC1. The Kier molecular flexibility index (Phi) is 3.02. The maximum atomic E-state index is 12.5. The van der Waals surface area contributed by atoms with E-state index in [2.05, 4.69) is 9.97 Å². The van der Waals surface area contributed by atoms with Crippen molar-refractivity contribution >= 4 is 11.9 Å². The number of aromatic amines is 1. The molecule has 2 aromatic heterocycles. The van der Waals surface area contributed by atoms with Crippen LogP contribution in [0.1, 0.15) is 39.6 Å². The molecule has 0 radical (unpaired) electrons. The zero-order chi connectivity index (χ0) is 14.1. The minimum atomic E-state index is -1.19. The average molecular weight is 275 g/mol. The van der Waals surface area contributed by atoms with E-state index in [9.17, 15) is 9.59 Å². The van der Waals surface area contributed by atoms with Crippen LogP contribution in [0.5, 0.6) is 0 Å². The van der Waals surface area contributed by atoms with Crippen molar-refractivity contribution in [1.29, 1.82) is 0 Å². The lowest BCUT2D eigenvalue weighted by atomic mass is 10.2. The Bertz CT molecular complexity index is 628. The van der Waals surface area contributed by atoms with Crippen molar-refractivity contribution in [3.8, 4) is 0 Å². The fourth-order valence-corrected chi connectivity index (χ4v) is 2.08. The molecule has 3 rings (SSSR count). The molecule has 7 heteroatoms. The minimum Gasteiger partial charge on any atom is -0.477 e. The fraction of sp³-hybridized carbons (Fsp3) is 0.308. The van der Waals surface area contributed by atoms with Gasteiger partial charge in [0.2, 0.25) is 0 Å². The van der Waals surface area contributed by atoms with Crippen molar-refractivity contribution in [3.63, 3.8) is 0 Å². The summed E-state index contributed by atoms with van der Waals surface area (Å²) in [7, 11) is 0. The van der Waals surface area contributed by atoms with Crippen LogP contribution in [0.4, 0.5) is 0 Å². The number of carboxylic acids is 1. The lowest BCUT2D eigenvalue weighted by Gasteiger charge is -2.20. The molecule has 1 amide bonds. The Morgan fingerprint density at radius 3 is 2.90 bits per heavy atom. The number of H-pyrrole nitrogens is 1. The summed E-state index contributed by atoms with van der Waals surface area (Å²) in [5.41, 5.74) is -0.240. The maximum absolute atomic E-state index is 12.5. The van der Waals surface area contributed by atoms with Crippen LogP contribution in [-0.4, -0.2) is 37.9 Å². The maximum Gasteiger partial charge on any atom is 0.354 e. The molecular weight excluding hydrogens is 262 g/mol. The van der Waals surface area contributed by atoms with Crippen LogP contribution in [0.3, 0.4) is 0 Å². The number of hydrogen-bond acceptors (Lipinski definition) is 4. The molecule has 0 atom stereocenters. The Morgan fingerprint density at radius 1 is 1.50 bits per heavy atom. The van der Waals surface area contributed by atoms with Crippen LogP contribution < -0.4 is 0 Å². The highest BCUT2D eigenvalue weighted by Crippen LogP contribution is 2.30. The largest absolute Gasteiger partial charge is 0.477 e. The first-order valence-electron chi connectivity index (χ1n) is 6.27. The molecule has 2 aromatic rings. The van der Waals surface area contributed by atoms with Crippen LogP contribution in [-0.2, 0) is 6.54 Å². The van der Waals surface area contributed by atoms with Crippen LogP contribution in [0.25, 0.3) is 0 Å². The Balaban J connectivity index is 1.85. The average Bonchev–Trinajstić information content (AvgIpc) is 2.95. The van der Waals surface area contributed by atoms with Gasteiger partial charge in [-0.1, -0.05) is 0 Å². The van der Waals surface area contributed by atoms with Crippen molar-refractivity contribution in [2.45, 2.75) is 25.4 Å². The second-order valence-corrected chi connectivity index (χ2v) is 4.67. The van der Waals surface area contributed by atoms with Gasteiger partial charge in [0.1, 0.15) is 5.76 Å². The number of imidazole rings is 1. The van der Waals surface area contributed by atoms with Gasteiger partial charge >= 0.3 is 5.97 Å². The molecule has 7 nitrogen and oxygen atoms in total. The number of aromatic nitrogens is 2. The highest BCUT2D eigenvalue weighted by Gasteiger charge is 2.36. The Morgan fingerprint density at radius 2 is 2.30 bits per heavy atom. The predicted molar refractivity (Wildman–Crippen MR) is 67.2 cm³/mol. The predicted octanol–water partition coefficient (Wildman–Crippen LogP) is 1.51. The highest BCUT2D eigenvalue weighted by molar-refractivity contribution is 6.02. The van der Waals surface area contributed by atoms with E-state index in [1.54, 1.807) is 23.3 Å². The number of nitrogens with zero attached hydrogens (tertiary/aromatic N) is 2. The third kappa shape index (κ3) is 2.29. The van der Waals surface area contributed by atoms with Crippen LogP contribution >= 0.6 is 0 Å². The minimum absolute atomic E-state index is 0.0593. The number of carbonyl (C=O) groups excluding carboxylic acids is 1. The molecule has 20 heavy (non-hydrogen) atoms. The van der Waals surface area contributed by atoms with E-state index >= 15 is 0 Å². The van der Waals surface area contributed by atoms with Gasteiger partial charge in [-0.15, -0.1) is 0 Å². The van der Waals surface area contributed by atoms with Crippen molar-refractivity contribution in [2.75, 3.05) is 0 Å². The normalized spacial score (nSPS) is 14.2. The first kappa shape index (κ1) is 12.5. The number of carboxylic acid groups (broad SMARTS) is 1. The standard InChI is InChI=1S/C13H13N3O4/c17-12(10-11(13(18)19)15-7-14-10)16(8-3-4-8)6-9-2-1-5-20-9/h1-2,5,7-8H,3-4,6H2,(H,14,15)(H,18,19). The summed E-state index contributed by atoms with van der Waals surface area (Å²) in [6, 6.07) is 3.67. The molecule has 2 heterocycles. The topological polar surface area (TPSA) is 99.4 Å². The van der Waals surface area contributed by atoms with Gasteiger partial charge in [-0.05, 0) is 25.0 Å². The van der Waals surface area contributed by atoms with Crippen molar-refractivity contribution in [2.24, 2.45) is 0 Å². The molecule has 0 aromatic carbocycles. The summed E-state index contributed by atoms with van der Waals surface area (Å²) in [4.78, 5) is 31.5. The highest BCUT2D eigenvalue weighted by atomic mass is 16.4. The van der Waals surface area contributed by atoms with E-state index in [1.165, 1.54) is 6.33 Å². The summed E-state index contributed by atoms with van der Waals surface area (Å²) in [6.45, 7) is 0.322. The lowest BCUT2D eigenvalue weighted by Crippen LogP contribution is -2.33. The smallest absolute Gasteiger partial charge is 0.354 e. The molecular formula is C13H13N3O4. The molecule has 0 spiro atoms. The van der Waals surface area contributed by atoms with Gasteiger partial charge in [-0.2, -0.15) is 0 Å². The summed E-state index contributed by atoms with van der Waals surface area (Å²) < 4.78 is 5.25. The van der Waals surface area contributed by atoms with E-state index in [-0.39, 0.29) is 23.3 Å². The van der Waals surface area contributed by atoms with Crippen molar-refractivity contribution in [1.82, 2.24) is 14.9 Å². The zero-order valence-electron chi connectivity index (χ0n) is 10.6. The summed E-state index contributed by atoms with van der Waals surface area (Å²) in [5.74, 6) is -0.917. The van der Waals surface area contributed by atoms with Gasteiger partial charge in [0.15, 0.2) is 11.4 Å². The van der Waals surface area contributed by atoms with Crippen LogP contribution in [0, 0.1) is 0 Å². The second-order valence-electron chi connectivity index (χ2n) is 4.67. The van der Waals surface area contributed by atoms with E-state index in [0.29, 0.717) is 12.3 Å². The molecule has 0 aliphatic heterocycles. The van der Waals surface area contributed by atoms with Crippen LogP contribution in [0.2, 0.25) is 0 Å². The van der Waals surface area contributed by atoms with Crippen molar-refractivity contribution < 1.29 is 19.1 Å². The van der Waals surface area contributed by atoms with Crippen LogP contribution in [0.15, 0.2) is 29.1 Å². The molecule has 0 unspecified atom stereocenters. The Labute approximate surface area is 114 Å². The van der Waals surface area contributed by atoms with Gasteiger partial charge in [-0.25, -0.2) is 9.78 Å². The van der Waals surface area contributed by atoms with E-state index < -0.39 is 5.97 Å². The van der Waals surface area contributed by atoms with Gasteiger partial charge in [-0.3, -0.25) is 4.79 Å². The van der Waals surface area contributed by atoms with Gasteiger partial charge in [0.05, 0.1) is 19.1 Å². The summed E-state index contributed by atoms with van der Waals surface area (Å²) >= 11 is 0.